The number of anilines is 1. The van der Waals surface area contributed by atoms with Crippen molar-refractivity contribution in [3.05, 3.63) is 28.2 Å². The van der Waals surface area contributed by atoms with Gasteiger partial charge in [0.25, 0.3) is 5.91 Å². The zero-order chi connectivity index (χ0) is 15.2. The van der Waals surface area contributed by atoms with E-state index in [1.807, 2.05) is 6.07 Å². The van der Waals surface area contributed by atoms with E-state index >= 15 is 0 Å². The van der Waals surface area contributed by atoms with Crippen LogP contribution in [0.25, 0.3) is 0 Å². The van der Waals surface area contributed by atoms with Crippen molar-refractivity contribution in [1.29, 1.82) is 0 Å². The van der Waals surface area contributed by atoms with Gasteiger partial charge in [-0.15, -0.1) is 0 Å². The third-order valence-electron chi connectivity index (χ3n) is 4.82. The maximum Gasteiger partial charge on any atom is 0.261 e. The molecule has 0 unspecified atom stereocenters. The Bertz CT molecular complexity index is 616. The van der Waals surface area contributed by atoms with Crippen LogP contribution >= 0.6 is 15.9 Å². The fraction of sp³-hybridized carbons (Fsp3) is 0.500. The molecule has 2 N–H and O–H groups in total. The van der Waals surface area contributed by atoms with Crippen molar-refractivity contribution in [3.8, 4) is 0 Å². The summed E-state index contributed by atoms with van der Waals surface area (Å²) >= 11 is 3.37. The van der Waals surface area contributed by atoms with Crippen LogP contribution in [-0.2, 0) is 15.2 Å². The zero-order valence-electron chi connectivity index (χ0n) is 11.9. The first-order chi connectivity index (χ1) is 9.96. The maximum absolute atomic E-state index is 12.4. The average Bonchev–Trinajstić information content (AvgIpc) is 2.72. The number of rotatable bonds is 2. The van der Waals surface area contributed by atoms with Crippen LogP contribution in [-0.4, -0.2) is 16.8 Å². The molecule has 1 fully saturated rings. The van der Waals surface area contributed by atoms with E-state index in [1.54, 1.807) is 12.1 Å². The number of halogens is 1. The summed E-state index contributed by atoms with van der Waals surface area (Å²) in [4.78, 5) is 24.7. The fourth-order valence-corrected chi connectivity index (χ4v) is 3.87. The number of hydrogen-bond donors (Lipinski definition) is 2. The van der Waals surface area contributed by atoms with Crippen LogP contribution in [0.4, 0.5) is 5.69 Å². The Morgan fingerprint density at radius 3 is 2.90 bits per heavy atom. The molecule has 21 heavy (non-hydrogen) atoms. The molecule has 3 atom stereocenters. The zero-order valence-corrected chi connectivity index (χ0v) is 13.4. The van der Waals surface area contributed by atoms with Gasteiger partial charge in [0, 0.05) is 22.1 Å². The number of nitrogens with one attached hydrogen (secondary N) is 1. The van der Waals surface area contributed by atoms with Gasteiger partial charge in [-0.1, -0.05) is 29.3 Å². The first-order valence-corrected chi connectivity index (χ1v) is 8.12. The normalized spacial score (nSPS) is 32.0. The van der Waals surface area contributed by atoms with E-state index in [0.29, 0.717) is 30.0 Å². The molecule has 3 rings (SSSR count). The first-order valence-electron chi connectivity index (χ1n) is 7.33. The SMILES string of the molecule is CC[C@@H]1CCC(=O)[C@H]([C@]2(O)C(=O)Nc3ccc(Br)cc32)C1. The Kier molecular flexibility index (Phi) is 3.66. The van der Waals surface area contributed by atoms with Crippen LogP contribution in [0.1, 0.15) is 38.2 Å². The summed E-state index contributed by atoms with van der Waals surface area (Å²) < 4.78 is 0.784. The standard InChI is InChI=1S/C16H18BrNO3/c1-2-9-3-6-14(19)12(7-9)16(21)11-8-10(17)4-5-13(11)18-15(16)20/h4-5,8-9,12,21H,2-3,6-7H2,1H3,(H,18,20)/t9-,12-,16+/m1/s1. The Morgan fingerprint density at radius 1 is 1.43 bits per heavy atom. The topological polar surface area (TPSA) is 66.4 Å². The second-order valence-electron chi connectivity index (χ2n) is 5.98. The van der Waals surface area contributed by atoms with Crippen LogP contribution in [0, 0.1) is 11.8 Å². The minimum atomic E-state index is -1.73. The van der Waals surface area contributed by atoms with Gasteiger partial charge in [-0.25, -0.2) is 0 Å². The molecule has 0 bridgehead atoms. The summed E-state index contributed by atoms with van der Waals surface area (Å²) in [7, 11) is 0. The molecule has 112 valence electrons. The minimum Gasteiger partial charge on any atom is -0.375 e. The van der Waals surface area contributed by atoms with Gasteiger partial charge in [0.05, 0.1) is 5.92 Å². The highest BCUT2D eigenvalue weighted by molar-refractivity contribution is 9.10. The van der Waals surface area contributed by atoms with Gasteiger partial charge in [-0.3, -0.25) is 9.59 Å². The molecule has 0 radical (unpaired) electrons. The largest absolute Gasteiger partial charge is 0.375 e. The van der Waals surface area contributed by atoms with Crippen LogP contribution in [0.2, 0.25) is 0 Å². The quantitative estimate of drug-likeness (QED) is 0.860. The molecule has 1 aromatic carbocycles. The number of Topliss-reactive ketones (excluding diaryl/α,β-unsaturated/α-hetero) is 1. The van der Waals surface area contributed by atoms with Crippen molar-refractivity contribution in [2.75, 3.05) is 5.32 Å². The van der Waals surface area contributed by atoms with Crippen molar-refractivity contribution in [2.45, 2.75) is 38.2 Å². The van der Waals surface area contributed by atoms with Crippen LogP contribution in [0.5, 0.6) is 0 Å². The number of amides is 1. The number of fused-ring (bicyclic) bond motifs is 1. The van der Waals surface area contributed by atoms with Crippen molar-refractivity contribution < 1.29 is 14.7 Å². The van der Waals surface area contributed by atoms with Gasteiger partial charge >= 0.3 is 0 Å². The monoisotopic (exact) mass is 351 g/mol. The third kappa shape index (κ3) is 2.23. The molecular weight excluding hydrogens is 334 g/mol. The molecule has 2 aliphatic rings. The lowest BCUT2D eigenvalue weighted by atomic mass is 9.69. The van der Waals surface area contributed by atoms with Gasteiger partial charge < -0.3 is 10.4 Å². The van der Waals surface area contributed by atoms with Crippen LogP contribution < -0.4 is 5.32 Å². The molecule has 1 heterocycles. The molecule has 1 saturated carbocycles. The van der Waals surface area contributed by atoms with Gasteiger partial charge in [-0.05, 0) is 37.0 Å². The molecule has 4 nitrogen and oxygen atoms in total. The highest BCUT2D eigenvalue weighted by Gasteiger charge is 2.54. The summed E-state index contributed by atoms with van der Waals surface area (Å²) in [5, 5.41) is 13.8. The number of aliphatic hydroxyl groups is 1. The van der Waals surface area contributed by atoms with Crippen molar-refractivity contribution in [3.63, 3.8) is 0 Å². The smallest absolute Gasteiger partial charge is 0.261 e. The molecule has 1 aliphatic carbocycles. The van der Waals surface area contributed by atoms with E-state index in [0.717, 1.165) is 17.3 Å². The summed E-state index contributed by atoms with van der Waals surface area (Å²) in [6, 6.07) is 5.29. The summed E-state index contributed by atoms with van der Waals surface area (Å²) in [6.45, 7) is 2.08. The van der Waals surface area contributed by atoms with E-state index in [-0.39, 0.29) is 5.78 Å². The number of hydrogen-bond acceptors (Lipinski definition) is 3. The molecule has 1 amide bonds. The van der Waals surface area contributed by atoms with E-state index < -0.39 is 17.4 Å². The number of benzene rings is 1. The molecule has 0 spiro atoms. The highest BCUT2D eigenvalue weighted by Crippen LogP contribution is 2.47. The Morgan fingerprint density at radius 2 is 2.19 bits per heavy atom. The van der Waals surface area contributed by atoms with E-state index in [4.69, 9.17) is 0 Å². The molecular formula is C16H18BrNO3. The van der Waals surface area contributed by atoms with Gasteiger partial charge in [0.1, 0.15) is 5.78 Å². The van der Waals surface area contributed by atoms with Gasteiger partial charge in [0.15, 0.2) is 5.60 Å². The lowest BCUT2D eigenvalue weighted by Crippen LogP contribution is -2.47. The summed E-state index contributed by atoms with van der Waals surface area (Å²) in [6.07, 6.45) is 2.84. The Balaban J connectivity index is 2.05. The van der Waals surface area contributed by atoms with Crippen molar-refractivity contribution in [2.24, 2.45) is 11.8 Å². The number of carbonyl (C=O) groups is 2. The number of carbonyl (C=O) groups excluding carboxylic acids is 2. The summed E-state index contributed by atoms with van der Waals surface area (Å²) in [5.41, 5.74) is -0.626. The predicted molar refractivity (Wildman–Crippen MR) is 82.8 cm³/mol. The van der Waals surface area contributed by atoms with Crippen LogP contribution in [0.15, 0.2) is 22.7 Å². The average molecular weight is 352 g/mol. The van der Waals surface area contributed by atoms with E-state index in [1.165, 1.54) is 0 Å². The predicted octanol–water partition coefficient (Wildman–Crippen LogP) is 2.98. The second-order valence-corrected chi connectivity index (χ2v) is 6.89. The van der Waals surface area contributed by atoms with Gasteiger partial charge in [-0.2, -0.15) is 0 Å². The minimum absolute atomic E-state index is 0.00910. The first kappa shape index (κ1) is 14.7. The molecule has 0 aromatic heterocycles. The Labute approximate surface area is 132 Å². The Hall–Kier alpha value is -1.20. The van der Waals surface area contributed by atoms with Crippen molar-refractivity contribution in [1.82, 2.24) is 0 Å². The van der Waals surface area contributed by atoms with E-state index in [9.17, 15) is 14.7 Å². The molecule has 1 aromatic rings. The molecule has 0 saturated heterocycles. The van der Waals surface area contributed by atoms with E-state index in [2.05, 4.69) is 28.2 Å². The third-order valence-corrected chi connectivity index (χ3v) is 5.32. The molecule has 1 aliphatic heterocycles. The highest BCUT2D eigenvalue weighted by atomic mass is 79.9. The fourth-order valence-electron chi connectivity index (χ4n) is 3.50. The van der Waals surface area contributed by atoms with Crippen LogP contribution in [0.3, 0.4) is 0 Å². The summed E-state index contributed by atoms with van der Waals surface area (Å²) in [5.74, 6) is -0.747. The number of ketones is 1. The van der Waals surface area contributed by atoms with Gasteiger partial charge in [0.2, 0.25) is 0 Å². The van der Waals surface area contributed by atoms with Crippen molar-refractivity contribution >= 4 is 33.3 Å². The molecule has 5 heteroatoms. The maximum atomic E-state index is 12.4. The second kappa shape index (κ2) is 5.21. The lowest BCUT2D eigenvalue weighted by Gasteiger charge is -2.36. The lowest BCUT2D eigenvalue weighted by molar-refractivity contribution is -0.152.